The van der Waals surface area contributed by atoms with Gasteiger partial charge in [-0.05, 0) is 19.9 Å². The number of pyridine rings is 1. The van der Waals surface area contributed by atoms with Crippen molar-refractivity contribution >= 4 is 41.0 Å². The summed E-state index contributed by atoms with van der Waals surface area (Å²) in [5.74, 6) is 2.15. The lowest BCUT2D eigenvalue weighted by molar-refractivity contribution is -0.129. The van der Waals surface area contributed by atoms with Crippen molar-refractivity contribution in [2.45, 2.75) is 26.8 Å². The molecule has 11 heteroatoms. The van der Waals surface area contributed by atoms with Gasteiger partial charge in [-0.3, -0.25) is 9.59 Å². The molecule has 1 aliphatic rings. The second-order valence-corrected chi connectivity index (χ2v) is 7.27. The van der Waals surface area contributed by atoms with Crippen LogP contribution in [0.4, 0.5) is 17.6 Å². The molecule has 1 fully saturated rings. The van der Waals surface area contributed by atoms with E-state index < -0.39 is 0 Å². The predicted octanol–water partition coefficient (Wildman–Crippen LogP) is 1.92. The van der Waals surface area contributed by atoms with Crippen molar-refractivity contribution in [3.8, 4) is 0 Å². The molecule has 0 aliphatic carbocycles. The van der Waals surface area contributed by atoms with E-state index in [-0.39, 0.29) is 12.4 Å². The minimum Gasteiger partial charge on any atom is -0.483 e. The van der Waals surface area contributed by atoms with Crippen molar-refractivity contribution in [2.75, 3.05) is 36.4 Å². The SMILES string of the molecule is CC(=O)N1CCN(c2nccc(Nc3cc4c(cn3)ncn4C(C)C)n2)CC1.O=CO. The quantitative estimate of drug-likeness (QED) is 0.601. The molecule has 1 saturated heterocycles. The molecule has 3 aromatic rings. The summed E-state index contributed by atoms with van der Waals surface area (Å²) < 4.78 is 2.11. The van der Waals surface area contributed by atoms with E-state index in [9.17, 15) is 4.79 Å². The molecule has 11 nitrogen and oxygen atoms in total. The lowest BCUT2D eigenvalue weighted by atomic mass is 10.3. The number of amides is 1. The van der Waals surface area contributed by atoms with Gasteiger partial charge in [-0.15, -0.1) is 0 Å². The van der Waals surface area contributed by atoms with E-state index in [1.54, 1.807) is 19.3 Å². The topological polar surface area (TPSA) is 129 Å². The van der Waals surface area contributed by atoms with Crippen LogP contribution in [-0.2, 0) is 9.59 Å². The number of carbonyl (C=O) groups excluding carboxylic acids is 1. The maximum absolute atomic E-state index is 11.5. The van der Waals surface area contributed by atoms with Crippen molar-refractivity contribution in [1.29, 1.82) is 0 Å². The first-order valence-electron chi connectivity index (χ1n) is 9.94. The van der Waals surface area contributed by atoms with Crippen LogP contribution in [0.25, 0.3) is 11.0 Å². The molecular weight excluding hydrogens is 400 g/mol. The van der Waals surface area contributed by atoms with Crippen LogP contribution in [0, 0.1) is 0 Å². The maximum Gasteiger partial charge on any atom is 0.290 e. The molecule has 0 saturated carbocycles. The van der Waals surface area contributed by atoms with Gasteiger partial charge in [0.05, 0.1) is 18.0 Å². The molecule has 0 bridgehead atoms. The highest BCUT2D eigenvalue weighted by atomic mass is 16.3. The van der Waals surface area contributed by atoms with Crippen molar-refractivity contribution in [3.05, 3.63) is 30.9 Å². The average Bonchev–Trinajstić information content (AvgIpc) is 3.18. The number of rotatable bonds is 4. The van der Waals surface area contributed by atoms with Crippen LogP contribution in [0.5, 0.6) is 0 Å². The minimum absolute atomic E-state index is 0.109. The zero-order chi connectivity index (χ0) is 22.4. The summed E-state index contributed by atoms with van der Waals surface area (Å²) in [5, 5.41) is 10.2. The number of hydrogen-bond donors (Lipinski definition) is 2. The van der Waals surface area contributed by atoms with E-state index in [0.29, 0.717) is 36.7 Å². The normalized spacial score (nSPS) is 13.7. The van der Waals surface area contributed by atoms with Gasteiger partial charge in [-0.25, -0.2) is 15.0 Å². The lowest BCUT2D eigenvalue weighted by Gasteiger charge is -2.34. The largest absolute Gasteiger partial charge is 0.483 e. The molecule has 2 N–H and O–H groups in total. The first-order valence-corrected chi connectivity index (χ1v) is 9.94. The van der Waals surface area contributed by atoms with Gasteiger partial charge in [0.15, 0.2) is 0 Å². The summed E-state index contributed by atoms with van der Waals surface area (Å²) in [6, 6.07) is 4.12. The molecule has 0 radical (unpaired) electrons. The van der Waals surface area contributed by atoms with Crippen molar-refractivity contribution in [2.24, 2.45) is 0 Å². The van der Waals surface area contributed by atoms with E-state index in [1.807, 2.05) is 23.4 Å². The fourth-order valence-corrected chi connectivity index (χ4v) is 3.33. The van der Waals surface area contributed by atoms with E-state index >= 15 is 0 Å². The zero-order valence-electron chi connectivity index (χ0n) is 17.8. The number of fused-ring (bicyclic) bond motifs is 1. The highest BCUT2D eigenvalue weighted by molar-refractivity contribution is 5.78. The predicted molar refractivity (Wildman–Crippen MR) is 116 cm³/mol. The molecule has 0 spiro atoms. The van der Waals surface area contributed by atoms with Gasteiger partial charge in [0.2, 0.25) is 11.9 Å². The average molecular weight is 426 g/mol. The molecule has 0 unspecified atom stereocenters. The summed E-state index contributed by atoms with van der Waals surface area (Å²) in [7, 11) is 0. The Morgan fingerprint density at radius 3 is 2.52 bits per heavy atom. The van der Waals surface area contributed by atoms with Crippen LogP contribution >= 0.6 is 0 Å². The summed E-state index contributed by atoms with van der Waals surface area (Å²) >= 11 is 0. The second kappa shape index (κ2) is 9.83. The fraction of sp³-hybridized carbons (Fsp3) is 0.400. The highest BCUT2D eigenvalue weighted by Crippen LogP contribution is 2.22. The smallest absolute Gasteiger partial charge is 0.290 e. The van der Waals surface area contributed by atoms with Gasteiger partial charge in [-0.2, -0.15) is 4.98 Å². The first kappa shape index (κ1) is 21.9. The fourth-order valence-electron chi connectivity index (χ4n) is 3.33. The number of aromatic nitrogens is 5. The summed E-state index contributed by atoms with van der Waals surface area (Å²) in [4.78, 5) is 41.6. The van der Waals surface area contributed by atoms with Crippen molar-refractivity contribution in [1.82, 2.24) is 29.4 Å². The monoisotopic (exact) mass is 426 g/mol. The van der Waals surface area contributed by atoms with Gasteiger partial charge in [-0.1, -0.05) is 0 Å². The number of carboxylic acid groups (broad SMARTS) is 1. The summed E-state index contributed by atoms with van der Waals surface area (Å²) in [6.45, 7) is 8.42. The van der Waals surface area contributed by atoms with E-state index in [0.717, 1.165) is 24.1 Å². The standard InChI is InChI=1S/C19H24N8O.CH2O2/c1-13(2)27-12-22-15-11-21-18(10-16(15)27)23-17-4-5-20-19(24-17)26-8-6-25(7-9-26)14(3)28;2-1-3/h4-5,10-13H,6-9H2,1-3H3,(H,20,21,23,24);1H,(H,2,3). The molecule has 0 atom stereocenters. The van der Waals surface area contributed by atoms with Gasteiger partial charge in [0.1, 0.15) is 17.2 Å². The van der Waals surface area contributed by atoms with Gasteiger partial charge < -0.3 is 24.8 Å². The highest BCUT2D eigenvalue weighted by Gasteiger charge is 2.20. The Morgan fingerprint density at radius 2 is 1.87 bits per heavy atom. The Labute approximate surface area is 179 Å². The maximum atomic E-state index is 11.5. The number of nitrogens with one attached hydrogen (secondary N) is 1. The number of imidazole rings is 1. The lowest BCUT2D eigenvalue weighted by Crippen LogP contribution is -2.48. The second-order valence-electron chi connectivity index (χ2n) is 7.27. The van der Waals surface area contributed by atoms with Crippen LogP contribution < -0.4 is 10.2 Å². The van der Waals surface area contributed by atoms with Gasteiger partial charge >= 0.3 is 0 Å². The van der Waals surface area contributed by atoms with Crippen LogP contribution in [0.2, 0.25) is 0 Å². The molecule has 4 rings (SSSR count). The number of piperazine rings is 1. The van der Waals surface area contributed by atoms with Crippen molar-refractivity contribution in [3.63, 3.8) is 0 Å². The third-order valence-electron chi connectivity index (χ3n) is 4.92. The van der Waals surface area contributed by atoms with Gasteiger partial charge in [0, 0.05) is 51.4 Å². The van der Waals surface area contributed by atoms with E-state index in [1.165, 1.54) is 0 Å². The number of nitrogens with zero attached hydrogens (tertiary/aromatic N) is 7. The number of hydrogen-bond acceptors (Lipinski definition) is 8. The van der Waals surface area contributed by atoms with Crippen LogP contribution in [0.15, 0.2) is 30.9 Å². The molecule has 3 aromatic heterocycles. The molecular formula is C20H26N8O3. The molecule has 1 amide bonds. The summed E-state index contributed by atoms with van der Waals surface area (Å²) in [5.41, 5.74) is 1.90. The molecule has 31 heavy (non-hydrogen) atoms. The third kappa shape index (κ3) is 5.24. The molecule has 164 valence electrons. The van der Waals surface area contributed by atoms with Crippen LogP contribution in [-0.4, -0.2) is 73.1 Å². The number of carbonyl (C=O) groups is 2. The Kier molecular flexibility index (Phi) is 6.96. The minimum atomic E-state index is -0.250. The Morgan fingerprint density at radius 1 is 1.16 bits per heavy atom. The van der Waals surface area contributed by atoms with Gasteiger partial charge in [0.25, 0.3) is 6.47 Å². The van der Waals surface area contributed by atoms with E-state index in [4.69, 9.17) is 9.90 Å². The zero-order valence-corrected chi connectivity index (χ0v) is 17.8. The number of anilines is 3. The molecule has 4 heterocycles. The Bertz CT molecular complexity index is 1040. The van der Waals surface area contributed by atoms with Crippen molar-refractivity contribution < 1.29 is 14.7 Å². The molecule has 1 aliphatic heterocycles. The third-order valence-corrected chi connectivity index (χ3v) is 4.92. The summed E-state index contributed by atoms with van der Waals surface area (Å²) in [6.07, 6.45) is 5.34. The van der Waals surface area contributed by atoms with Crippen LogP contribution in [0.3, 0.4) is 0 Å². The first-order chi connectivity index (χ1) is 14.9. The Hall–Kier alpha value is -3.76. The van der Waals surface area contributed by atoms with E-state index in [2.05, 4.69) is 48.6 Å². The van der Waals surface area contributed by atoms with Crippen LogP contribution in [0.1, 0.15) is 26.8 Å². The Balaban J connectivity index is 0.000000858. The molecule has 0 aromatic carbocycles.